The molecule has 14 heavy (non-hydrogen) atoms. The standard InChI is InChI=1S/C9H9NO4/c1-14-9(13)6-3-2-5(8(10)12)4-7(6)11/h2-4,11H,1H3,(H2,10,12). The number of methoxy groups -OCH3 is 1. The minimum absolute atomic E-state index is 0.00231. The summed E-state index contributed by atoms with van der Waals surface area (Å²) in [5.74, 6) is -1.66. The molecule has 0 unspecified atom stereocenters. The van der Waals surface area contributed by atoms with Crippen molar-refractivity contribution >= 4 is 11.9 Å². The van der Waals surface area contributed by atoms with Crippen LogP contribution in [0.5, 0.6) is 5.75 Å². The smallest absolute Gasteiger partial charge is 0.341 e. The van der Waals surface area contributed by atoms with Gasteiger partial charge in [0.1, 0.15) is 11.3 Å². The number of ether oxygens (including phenoxy) is 1. The molecular formula is C9H9NO4. The molecule has 1 rings (SSSR count). The number of aromatic hydroxyl groups is 1. The third-order valence-electron chi connectivity index (χ3n) is 1.69. The van der Waals surface area contributed by atoms with Gasteiger partial charge < -0.3 is 15.6 Å². The Hall–Kier alpha value is -2.04. The molecule has 1 aromatic rings. The molecule has 0 aliphatic rings. The molecule has 0 aliphatic carbocycles. The summed E-state index contributed by atoms with van der Waals surface area (Å²) < 4.78 is 4.40. The van der Waals surface area contributed by atoms with E-state index < -0.39 is 11.9 Å². The summed E-state index contributed by atoms with van der Waals surface area (Å²) in [6, 6.07) is 3.74. The van der Waals surface area contributed by atoms with Crippen molar-refractivity contribution in [1.82, 2.24) is 0 Å². The quantitative estimate of drug-likeness (QED) is 0.663. The highest BCUT2D eigenvalue weighted by molar-refractivity contribution is 5.97. The SMILES string of the molecule is COC(=O)c1ccc(C(N)=O)cc1O. The van der Waals surface area contributed by atoms with E-state index in [0.29, 0.717) is 0 Å². The van der Waals surface area contributed by atoms with Crippen molar-refractivity contribution in [3.8, 4) is 5.75 Å². The zero-order chi connectivity index (χ0) is 10.7. The van der Waals surface area contributed by atoms with Gasteiger partial charge in [-0.25, -0.2) is 4.79 Å². The number of primary amides is 1. The fraction of sp³-hybridized carbons (Fsp3) is 0.111. The molecule has 1 amide bonds. The molecule has 0 saturated heterocycles. The van der Waals surface area contributed by atoms with Crippen molar-refractivity contribution in [3.05, 3.63) is 29.3 Å². The van der Waals surface area contributed by atoms with E-state index in [2.05, 4.69) is 4.74 Å². The van der Waals surface area contributed by atoms with Gasteiger partial charge in [-0.2, -0.15) is 0 Å². The number of esters is 1. The van der Waals surface area contributed by atoms with Crippen LogP contribution < -0.4 is 5.73 Å². The molecule has 0 bridgehead atoms. The maximum Gasteiger partial charge on any atom is 0.341 e. The Morgan fingerprint density at radius 3 is 2.50 bits per heavy atom. The lowest BCUT2D eigenvalue weighted by molar-refractivity contribution is 0.0597. The summed E-state index contributed by atoms with van der Waals surface area (Å²) in [7, 11) is 1.20. The second kappa shape index (κ2) is 3.78. The van der Waals surface area contributed by atoms with Crippen molar-refractivity contribution in [2.45, 2.75) is 0 Å². The van der Waals surface area contributed by atoms with Crippen LogP contribution in [0.4, 0.5) is 0 Å². The summed E-state index contributed by atoms with van der Waals surface area (Å²) in [5, 5.41) is 9.33. The Labute approximate surface area is 80.1 Å². The van der Waals surface area contributed by atoms with Crippen LogP contribution in [0.2, 0.25) is 0 Å². The van der Waals surface area contributed by atoms with E-state index in [9.17, 15) is 14.7 Å². The largest absolute Gasteiger partial charge is 0.507 e. The minimum atomic E-state index is -0.670. The number of hydrogen-bond acceptors (Lipinski definition) is 4. The fourth-order valence-corrected chi connectivity index (χ4v) is 0.967. The number of carbonyl (C=O) groups excluding carboxylic acids is 2. The third-order valence-corrected chi connectivity index (χ3v) is 1.69. The van der Waals surface area contributed by atoms with Crippen LogP contribution in [-0.2, 0) is 4.74 Å². The zero-order valence-corrected chi connectivity index (χ0v) is 7.48. The van der Waals surface area contributed by atoms with Crippen LogP contribution in [0.3, 0.4) is 0 Å². The number of amides is 1. The van der Waals surface area contributed by atoms with Gasteiger partial charge in [0.15, 0.2) is 0 Å². The van der Waals surface area contributed by atoms with Crippen LogP contribution in [0.1, 0.15) is 20.7 Å². The second-order valence-corrected chi connectivity index (χ2v) is 2.59. The molecule has 0 spiro atoms. The summed E-state index contributed by atoms with van der Waals surface area (Å²) >= 11 is 0. The van der Waals surface area contributed by atoms with E-state index in [1.165, 1.54) is 19.2 Å². The molecule has 1 aromatic carbocycles. The topological polar surface area (TPSA) is 89.6 Å². The van der Waals surface area contributed by atoms with Gasteiger partial charge in [-0.05, 0) is 18.2 Å². The summed E-state index contributed by atoms with van der Waals surface area (Å²) in [4.78, 5) is 21.7. The average Bonchev–Trinajstić information content (AvgIpc) is 2.16. The molecule has 0 saturated carbocycles. The number of hydrogen-bond donors (Lipinski definition) is 2. The van der Waals surface area contributed by atoms with Crippen LogP contribution >= 0.6 is 0 Å². The van der Waals surface area contributed by atoms with E-state index in [1.54, 1.807) is 0 Å². The van der Waals surface area contributed by atoms with Crippen LogP contribution in [0.15, 0.2) is 18.2 Å². The van der Waals surface area contributed by atoms with Gasteiger partial charge in [0.2, 0.25) is 5.91 Å². The van der Waals surface area contributed by atoms with Crippen LogP contribution in [0, 0.1) is 0 Å². The summed E-state index contributed by atoms with van der Waals surface area (Å²) in [5.41, 5.74) is 5.11. The van der Waals surface area contributed by atoms with Crippen molar-refractivity contribution in [2.75, 3.05) is 7.11 Å². The molecule has 0 radical (unpaired) electrons. The van der Waals surface area contributed by atoms with Crippen molar-refractivity contribution < 1.29 is 19.4 Å². The van der Waals surface area contributed by atoms with Gasteiger partial charge in [0.25, 0.3) is 0 Å². The monoisotopic (exact) mass is 195 g/mol. The van der Waals surface area contributed by atoms with E-state index >= 15 is 0 Å². The minimum Gasteiger partial charge on any atom is -0.507 e. The van der Waals surface area contributed by atoms with Crippen LogP contribution in [0.25, 0.3) is 0 Å². The molecular weight excluding hydrogens is 186 g/mol. The first-order chi connectivity index (χ1) is 6.56. The lowest BCUT2D eigenvalue weighted by Gasteiger charge is -2.03. The Morgan fingerprint density at radius 1 is 1.43 bits per heavy atom. The van der Waals surface area contributed by atoms with Gasteiger partial charge in [0.05, 0.1) is 7.11 Å². The number of phenolic OH excluding ortho intramolecular Hbond substituents is 1. The first-order valence-electron chi connectivity index (χ1n) is 3.77. The van der Waals surface area contributed by atoms with Gasteiger partial charge in [-0.1, -0.05) is 0 Å². The number of nitrogens with two attached hydrogens (primary N) is 1. The number of carbonyl (C=O) groups is 2. The van der Waals surface area contributed by atoms with E-state index in [0.717, 1.165) is 6.07 Å². The Bertz CT molecular complexity index is 386. The Balaban J connectivity index is 3.14. The highest BCUT2D eigenvalue weighted by Crippen LogP contribution is 2.19. The maximum absolute atomic E-state index is 11.0. The predicted molar refractivity (Wildman–Crippen MR) is 48.0 cm³/mol. The van der Waals surface area contributed by atoms with E-state index in [-0.39, 0.29) is 16.9 Å². The number of phenols is 1. The van der Waals surface area contributed by atoms with Crippen molar-refractivity contribution in [3.63, 3.8) is 0 Å². The highest BCUT2D eigenvalue weighted by atomic mass is 16.5. The molecule has 5 heteroatoms. The second-order valence-electron chi connectivity index (χ2n) is 2.59. The van der Waals surface area contributed by atoms with Gasteiger partial charge in [-0.15, -0.1) is 0 Å². The van der Waals surface area contributed by atoms with Crippen molar-refractivity contribution in [2.24, 2.45) is 5.73 Å². The number of rotatable bonds is 2. The average molecular weight is 195 g/mol. The highest BCUT2D eigenvalue weighted by Gasteiger charge is 2.12. The Kier molecular flexibility index (Phi) is 2.71. The molecule has 74 valence electrons. The van der Waals surface area contributed by atoms with Crippen LogP contribution in [-0.4, -0.2) is 24.1 Å². The molecule has 3 N–H and O–H groups in total. The maximum atomic E-state index is 11.0. The van der Waals surface area contributed by atoms with Gasteiger partial charge in [-0.3, -0.25) is 4.79 Å². The van der Waals surface area contributed by atoms with Crippen molar-refractivity contribution in [1.29, 1.82) is 0 Å². The molecule has 0 atom stereocenters. The molecule has 0 heterocycles. The zero-order valence-electron chi connectivity index (χ0n) is 7.48. The Morgan fingerprint density at radius 2 is 2.07 bits per heavy atom. The molecule has 0 aliphatic heterocycles. The van der Waals surface area contributed by atoms with E-state index in [4.69, 9.17) is 5.73 Å². The van der Waals surface area contributed by atoms with Gasteiger partial charge >= 0.3 is 5.97 Å². The van der Waals surface area contributed by atoms with E-state index in [1.807, 2.05) is 0 Å². The first kappa shape index (κ1) is 10.0. The summed E-state index contributed by atoms with van der Waals surface area (Å²) in [6.45, 7) is 0. The normalized spacial score (nSPS) is 9.50. The third kappa shape index (κ3) is 1.82. The fourth-order valence-electron chi connectivity index (χ4n) is 0.967. The molecule has 0 aromatic heterocycles. The number of benzene rings is 1. The first-order valence-corrected chi connectivity index (χ1v) is 3.77. The lowest BCUT2D eigenvalue weighted by atomic mass is 10.1. The molecule has 0 fully saturated rings. The molecule has 5 nitrogen and oxygen atoms in total. The predicted octanol–water partition coefficient (Wildman–Crippen LogP) is 0.278. The lowest BCUT2D eigenvalue weighted by Crippen LogP contribution is -2.11. The summed E-state index contributed by atoms with van der Waals surface area (Å²) in [6.07, 6.45) is 0. The van der Waals surface area contributed by atoms with Gasteiger partial charge in [0, 0.05) is 5.56 Å².